The number of alkyl carbamates (subject to hydrolysis) is 1. The van der Waals surface area contributed by atoms with Gasteiger partial charge in [0.2, 0.25) is 0 Å². The Morgan fingerprint density at radius 3 is 2.45 bits per heavy atom. The quantitative estimate of drug-likeness (QED) is 0.447. The van der Waals surface area contributed by atoms with Crippen LogP contribution in [-0.2, 0) is 11.3 Å². The number of carbonyl (C=O) groups is 2. The van der Waals surface area contributed by atoms with E-state index in [4.69, 9.17) is 14.9 Å². The Kier molecular flexibility index (Phi) is 9.00. The molecule has 29 heavy (non-hydrogen) atoms. The summed E-state index contributed by atoms with van der Waals surface area (Å²) < 4.78 is 10.7. The second kappa shape index (κ2) is 10.7. The molecule has 0 spiro atoms. The van der Waals surface area contributed by atoms with Crippen LogP contribution in [0.3, 0.4) is 0 Å². The summed E-state index contributed by atoms with van der Waals surface area (Å²) in [7, 11) is 3.60. The molecule has 164 valence electrons. The molecule has 0 fully saturated rings. The molecule has 9 heteroatoms. The molecule has 0 aliphatic carbocycles. The molecule has 2 amide bonds. The van der Waals surface area contributed by atoms with Gasteiger partial charge in [-0.05, 0) is 45.2 Å². The maximum Gasteiger partial charge on any atom is 0.407 e. The van der Waals surface area contributed by atoms with Crippen LogP contribution in [0.4, 0.5) is 4.79 Å². The summed E-state index contributed by atoms with van der Waals surface area (Å²) in [5.74, 6) is 1.02. The number of nitrogens with zero attached hydrogens (tertiary/aromatic N) is 2. The zero-order valence-corrected chi connectivity index (χ0v) is 18.5. The number of primary amides is 1. The fraction of sp³-hybridized carbons (Fsp3) is 0.650. The number of nitrogens with two attached hydrogens (primary N) is 1. The number of hydrogen-bond acceptors (Lipinski definition) is 5. The summed E-state index contributed by atoms with van der Waals surface area (Å²) in [6.07, 6.45) is 0.310. The number of nitrogens with one attached hydrogen (secondary N) is 2. The summed E-state index contributed by atoms with van der Waals surface area (Å²) in [6.45, 7) is 10.7. The van der Waals surface area contributed by atoms with Crippen LogP contribution in [0.5, 0.6) is 0 Å². The zero-order chi connectivity index (χ0) is 22.2. The van der Waals surface area contributed by atoms with Crippen molar-refractivity contribution < 1.29 is 18.7 Å². The molecule has 0 aliphatic rings. The summed E-state index contributed by atoms with van der Waals surface area (Å²) in [4.78, 5) is 29.4. The standard InChI is InChI=1S/C20H35N5O4/c1-13(2)15(24-19(27)29-20(3,4)5)10-11-25(7)18(22-6)23-12-14-8-9-16(28-14)17(21)26/h8-9,13,15H,10-12H2,1-7H3,(H2,21,26)(H,22,23)(H,24,27). The van der Waals surface area contributed by atoms with Gasteiger partial charge in [-0.3, -0.25) is 9.79 Å². The fourth-order valence-electron chi connectivity index (χ4n) is 2.63. The van der Waals surface area contributed by atoms with Crippen LogP contribution in [0.15, 0.2) is 21.5 Å². The highest BCUT2D eigenvalue weighted by Gasteiger charge is 2.22. The number of rotatable bonds is 8. The van der Waals surface area contributed by atoms with Crippen molar-refractivity contribution in [1.82, 2.24) is 15.5 Å². The fourth-order valence-corrected chi connectivity index (χ4v) is 2.63. The van der Waals surface area contributed by atoms with Gasteiger partial charge in [0.25, 0.3) is 5.91 Å². The van der Waals surface area contributed by atoms with Crippen LogP contribution in [-0.4, -0.2) is 55.1 Å². The molecule has 9 nitrogen and oxygen atoms in total. The van der Waals surface area contributed by atoms with Crippen LogP contribution in [0.25, 0.3) is 0 Å². The average Bonchev–Trinajstić information content (AvgIpc) is 3.06. The van der Waals surface area contributed by atoms with Crippen LogP contribution in [0.2, 0.25) is 0 Å². The summed E-state index contributed by atoms with van der Waals surface area (Å²) in [6, 6.07) is 3.20. The first kappa shape index (κ1) is 24.3. The van der Waals surface area contributed by atoms with Gasteiger partial charge >= 0.3 is 6.09 Å². The van der Waals surface area contributed by atoms with Crippen LogP contribution >= 0.6 is 0 Å². The molecule has 0 radical (unpaired) electrons. The highest BCUT2D eigenvalue weighted by molar-refractivity contribution is 5.89. The van der Waals surface area contributed by atoms with Crippen molar-refractivity contribution in [3.05, 3.63) is 23.7 Å². The number of hydrogen-bond donors (Lipinski definition) is 3. The van der Waals surface area contributed by atoms with Gasteiger partial charge in [-0.15, -0.1) is 0 Å². The Morgan fingerprint density at radius 1 is 1.31 bits per heavy atom. The minimum Gasteiger partial charge on any atom is -0.454 e. The molecule has 0 bridgehead atoms. The van der Waals surface area contributed by atoms with Gasteiger partial charge in [0, 0.05) is 26.7 Å². The van der Waals surface area contributed by atoms with Crippen LogP contribution in [0.1, 0.15) is 57.4 Å². The van der Waals surface area contributed by atoms with Crippen LogP contribution < -0.4 is 16.4 Å². The van der Waals surface area contributed by atoms with Crippen molar-refractivity contribution in [3.63, 3.8) is 0 Å². The molecule has 0 aliphatic heterocycles. The van der Waals surface area contributed by atoms with E-state index in [1.54, 1.807) is 19.2 Å². The van der Waals surface area contributed by atoms with Gasteiger partial charge in [-0.25, -0.2) is 4.79 Å². The molecular formula is C20H35N5O4. The third-order valence-corrected chi connectivity index (χ3v) is 4.18. The van der Waals surface area contributed by atoms with Gasteiger partial charge in [0.05, 0.1) is 6.54 Å². The lowest BCUT2D eigenvalue weighted by Gasteiger charge is -2.28. The van der Waals surface area contributed by atoms with Crippen LogP contribution in [0, 0.1) is 5.92 Å². The number of carbonyl (C=O) groups excluding carboxylic acids is 2. The SMILES string of the molecule is CN=C(NCc1ccc(C(N)=O)o1)N(C)CCC(NC(=O)OC(C)(C)C)C(C)C. The minimum atomic E-state index is -0.602. The van der Waals surface area contributed by atoms with Crippen molar-refractivity contribution in [3.8, 4) is 0 Å². The van der Waals surface area contributed by atoms with E-state index in [-0.39, 0.29) is 17.7 Å². The monoisotopic (exact) mass is 409 g/mol. The van der Waals surface area contributed by atoms with Gasteiger partial charge in [-0.2, -0.15) is 0 Å². The third kappa shape index (κ3) is 8.89. The van der Waals surface area contributed by atoms with E-state index in [2.05, 4.69) is 29.5 Å². The molecule has 4 N–H and O–H groups in total. The Hall–Kier alpha value is -2.71. The Morgan fingerprint density at radius 2 is 1.97 bits per heavy atom. The Bertz CT molecular complexity index is 706. The van der Waals surface area contributed by atoms with Crippen molar-refractivity contribution in [2.75, 3.05) is 20.6 Å². The second-order valence-corrected chi connectivity index (χ2v) is 8.24. The number of aliphatic imine (C=N–C) groups is 1. The van der Waals surface area contributed by atoms with Gasteiger partial charge in [-0.1, -0.05) is 13.8 Å². The van der Waals surface area contributed by atoms with E-state index < -0.39 is 17.6 Å². The van der Waals surface area contributed by atoms with Crippen molar-refractivity contribution in [2.45, 2.75) is 59.2 Å². The predicted molar refractivity (Wildman–Crippen MR) is 113 cm³/mol. The maximum atomic E-state index is 12.1. The van der Waals surface area contributed by atoms with E-state index in [1.807, 2.05) is 32.7 Å². The molecular weight excluding hydrogens is 374 g/mol. The summed E-state index contributed by atoms with van der Waals surface area (Å²) in [5.41, 5.74) is 4.66. The van der Waals surface area contributed by atoms with E-state index >= 15 is 0 Å². The highest BCUT2D eigenvalue weighted by Crippen LogP contribution is 2.11. The largest absolute Gasteiger partial charge is 0.454 e. The molecule has 0 saturated carbocycles. The molecule has 1 aromatic heterocycles. The van der Waals surface area contributed by atoms with E-state index in [0.717, 1.165) is 6.42 Å². The molecule has 1 heterocycles. The van der Waals surface area contributed by atoms with E-state index in [9.17, 15) is 9.59 Å². The Balaban J connectivity index is 2.57. The first-order valence-electron chi connectivity index (χ1n) is 9.72. The Labute approximate surface area is 173 Å². The van der Waals surface area contributed by atoms with Gasteiger partial charge in [0.15, 0.2) is 11.7 Å². The van der Waals surface area contributed by atoms with Crippen molar-refractivity contribution in [2.24, 2.45) is 16.6 Å². The van der Waals surface area contributed by atoms with Crippen molar-refractivity contribution in [1.29, 1.82) is 0 Å². The third-order valence-electron chi connectivity index (χ3n) is 4.18. The average molecular weight is 410 g/mol. The second-order valence-electron chi connectivity index (χ2n) is 8.24. The summed E-state index contributed by atoms with van der Waals surface area (Å²) >= 11 is 0. The minimum absolute atomic E-state index is 0.0337. The molecule has 0 aromatic carbocycles. The van der Waals surface area contributed by atoms with E-state index in [0.29, 0.717) is 24.8 Å². The number of furan rings is 1. The lowest BCUT2D eigenvalue weighted by molar-refractivity contribution is 0.0485. The van der Waals surface area contributed by atoms with E-state index in [1.165, 1.54) is 0 Å². The molecule has 0 saturated heterocycles. The normalized spacial score (nSPS) is 13.2. The lowest BCUT2D eigenvalue weighted by Crippen LogP contribution is -2.45. The maximum absolute atomic E-state index is 12.1. The summed E-state index contributed by atoms with van der Waals surface area (Å²) in [5, 5.41) is 6.13. The molecule has 1 unspecified atom stereocenters. The molecule has 1 rings (SSSR count). The predicted octanol–water partition coefficient (Wildman–Crippen LogP) is 2.33. The highest BCUT2D eigenvalue weighted by atomic mass is 16.6. The molecule has 1 atom stereocenters. The number of amides is 2. The first-order chi connectivity index (χ1) is 13.4. The lowest BCUT2D eigenvalue weighted by atomic mass is 10.0. The van der Waals surface area contributed by atoms with Gasteiger partial charge < -0.3 is 30.4 Å². The topological polar surface area (TPSA) is 122 Å². The molecule has 1 aromatic rings. The smallest absolute Gasteiger partial charge is 0.407 e. The van der Waals surface area contributed by atoms with Gasteiger partial charge in [0.1, 0.15) is 11.4 Å². The van der Waals surface area contributed by atoms with Crippen molar-refractivity contribution >= 4 is 18.0 Å². The first-order valence-corrected chi connectivity index (χ1v) is 9.72. The number of guanidine groups is 1. The zero-order valence-electron chi connectivity index (χ0n) is 18.5. The number of ether oxygens (including phenoxy) is 1.